The first-order chi connectivity index (χ1) is 9.40. The van der Waals surface area contributed by atoms with Gasteiger partial charge in [-0.3, -0.25) is 4.79 Å². The predicted octanol–water partition coefficient (Wildman–Crippen LogP) is 0.265. The number of likely N-dealkylation sites (tertiary alicyclic amines) is 1. The van der Waals surface area contributed by atoms with Crippen LogP contribution in [-0.2, 0) is 14.6 Å². The van der Waals surface area contributed by atoms with Crippen LogP contribution in [0.1, 0.15) is 32.7 Å². The lowest BCUT2D eigenvalue weighted by atomic mass is 10.1. The van der Waals surface area contributed by atoms with Gasteiger partial charge in [0.25, 0.3) is 0 Å². The van der Waals surface area contributed by atoms with Gasteiger partial charge in [-0.15, -0.1) is 0 Å². The Morgan fingerprint density at radius 2 is 2.20 bits per heavy atom. The molecule has 8 heteroatoms. The fourth-order valence-corrected chi connectivity index (χ4v) is 3.09. The van der Waals surface area contributed by atoms with Crippen LogP contribution in [0, 0.1) is 0 Å². The standard InChI is InChI=1S/C12H20N4O3S/c1-10(2)20(18,19)7-12(17)15-5-3-4-11(6-15)16-9-13-8-14-16/h8-11H,3-7H2,1-2H3/t11-/m0/s1. The topological polar surface area (TPSA) is 85.2 Å². The van der Waals surface area contributed by atoms with Crippen LogP contribution < -0.4 is 0 Å². The molecule has 112 valence electrons. The molecule has 1 aromatic rings. The van der Waals surface area contributed by atoms with Crippen molar-refractivity contribution in [1.29, 1.82) is 0 Å². The van der Waals surface area contributed by atoms with E-state index in [-0.39, 0.29) is 11.9 Å². The van der Waals surface area contributed by atoms with E-state index >= 15 is 0 Å². The van der Waals surface area contributed by atoms with Gasteiger partial charge in [0, 0.05) is 13.1 Å². The molecule has 0 aliphatic carbocycles. The van der Waals surface area contributed by atoms with Gasteiger partial charge < -0.3 is 4.90 Å². The lowest BCUT2D eigenvalue weighted by molar-refractivity contribution is -0.130. The van der Waals surface area contributed by atoms with E-state index in [1.54, 1.807) is 29.8 Å². The molecular formula is C12H20N4O3S. The molecule has 2 heterocycles. The zero-order chi connectivity index (χ0) is 14.8. The summed E-state index contributed by atoms with van der Waals surface area (Å²) in [4.78, 5) is 17.7. The number of nitrogens with zero attached hydrogens (tertiary/aromatic N) is 4. The molecule has 0 radical (unpaired) electrons. The van der Waals surface area contributed by atoms with Crippen LogP contribution in [0.3, 0.4) is 0 Å². The Morgan fingerprint density at radius 1 is 1.45 bits per heavy atom. The molecule has 1 amide bonds. The summed E-state index contributed by atoms with van der Waals surface area (Å²) in [6.45, 7) is 4.29. The quantitative estimate of drug-likeness (QED) is 0.796. The highest BCUT2D eigenvalue weighted by Crippen LogP contribution is 2.20. The highest BCUT2D eigenvalue weighted by molar-refractivity contribution is 7.92. The molecule has 0 spiro atoms. The van der Waals surface area contributed by atoms with E-state index in [1.165, 1.54) is 6.33 Å². The van der Waals surface area contributed by atoms with Crippen LogP contribution in [-0.4, -0.2) is 58.1 Å². The first-order valence-electron chi connectivity index (χ1n) is 6.73. The van der Waals surface area contributed by atoms with Crippen LogP contribution in [0.2, 0.25) is 0 Å². The third kappa shape index (κ3) is 3.36. The van der Waals surface area contributed by atoms with E-state index in [2.05, 4.69) is 10.1 Å². The number of rotatable bonds is 4. The molecule has 0 unspecified atom stereocenters. The number of hydrogen-bond acceptors (Lipinski definition) is 5. The Labute approximate surface area is 118 Å². The molecule has 1 fully saturated rings. The summed E-state index contributed by atoms with van der Waals surface area (Å²) in [5, 5.41) is 3.56. The van der Waals surface area contributed by atoms with E-state index in [0.717, 1.165) is 12.8 Å². The molecular weight excluding hydrogens is 280 g/mol. The Hall–Kier alpha value is -1.44. The van der Waals surface area contributed by atoms with E-state index in [9.17, 15) is 13.2 Å². The van der Waals surface area contributed by atoms with Gasteiger partial charge in [-0.25, -0.2) is 18.1 Å². The number of sulfone groups is 1. The summed E-state index contributed by atoms with van der Waals surface area (Å²) in [6, 6.07) is 0.0805. The second-order valence-electron chi connectivity index (χ2n) is 5.37. The summed E-state index contributed by atoms with van der Waals surface area (Å²) >= 11 is 0. The Kier molecular flexibility index (Phi) is 4.42. The summed E-state index contributed by atoms with van der Waals surface area (Å²) in [6.07, 6.45) is 4.86. The third-order valence-corrected chi connectivity index (χ3v) is 5.69. The van der Waals surface area contributed by atoms with Crippen molar-refractivity contribution in [3.05, 3.63) is 12.7 Å². The van der Waals surface area contributed by atoms with E-state index < -0.39 is 20.8 Å². The van der Waals surface area contributed by atoms with Crippen LogP contribution >= 0.6 is 0 Å². The Bertz CT molecular complexity index is 553. The molecule has 1 aliphatic rings. The fraction of sp³-hybridized carbons (Fsp3) is 0.750. The zero-order valence-electron chi connectivity index (χ0n) is 11.8. The number of carbonyl (C=O) groups is 1. The van der Waals surface area contributed by atoms with Crippen molar-refractivity contribution in [3.8, 4) is 0 Å². The van der Waals surface area contributed by atoms with E-state index in [4.69, 9.17) is 0 Å². The van der Waals surface area contributed by atoms with Crippen molar-refractivity contribution in [1.82, 2.24) is 19.7 Å². The van der Waals surface area contributed by atoms with Crippen molar-refractivity contribution >= 4 is 15.7 Å². The molecule has 0 saturated carbocycles. The van der Waals surface area contributed by atoms with Crippen molar-refractivity contribution < 1.29 is 13.2 Å². The minimum Gasteiger partial charge on any atom is -0.340 e. The largest absolute Gasteiger partial charge is 0.340 e. The highest BCUT2D eigenvalue weighted by atomic mass is 32.2. The van der Waals surface area contributed by atoms with E-state index in [1.807, 2.05) is 0 Å². The molecule has 2 rings (SSSR count). The van der Waals surface area contributed by atoms with Gasteiger partial charge in [-0.2, -0.15) is 5.10 Å². The van der Waals surface area contributed by atoms with Crippen LogP contribution in [0.15, 0.2) is 12.7 Å². The average Bonchev–Trinajstić information content (AvgIpc) is 2.92. The molecule has 1 aromatic heterocycles. The van der Waals surface area contributed by atoms with Crippen molar-refractivity contribution in [2.45, 2.75) is 38.0 Å². The molecule has 1 atom stereocenters. The summed E-state index contributed by atoms with van der Waals surface area (Å²) in [5.41, 5.74) is 0. The predicted molar refractivity (Wildman–Crippen MR) is 73.8 cm³/mol. The van der Waals surface area contributed by atoms with Crippen molar-refractivity contribution in [3.63, 3.8) is 0 Å². The first kappa shape index (κ1) is 15.0. The molecule has 20 heavy (non-hydrogen) atoms. The van der Waals surface area contributed by atoms with Gasteiger partial charge in [0.05, 0.1) is 11.3 Å². The minimum atomic E-state index is -3.34. The first-order valence-corrected chi connectivity index (χ1v) is 8.45. The maximum atomic E-state index is 12.1. The summed E-state index contributed by atoms with van der Waals surface area (Å²) < 4.78 is 25.4. The van der Waals surface area contributed by atoms with Crippen molar-refractivity contribution in [2.75, 3.05) is 18.8 Å². The van der Waals surface area contributed by atoms with Crippen molar-refractivity contribution in [2.24, 2.45) is 0 Å². The van der Waals surface area contributed by atoms with Gasteiger partial charge >= 0.3 is 0 Å². The molecule has 0 aromatic carbocycles. The second-order valence-corrected chi connectivity index (χ2v) is 7.92. The molecule has 1 aliphatic heterocycles. The Morgan fingerprint density at radius 3 is 2.80 bits per heavy atom. The van der Waals surface area contributed by atoms with Gasteiger partial charge in [0.15, 0.2) is 9.84 Å². The molecule has 1 saturated heterocycles. The fourth-order valence-electron chi connectivity index (χ4n) is 2.23. The Balaban J connectivity index is 2.00. The van der Waals surface area contributed by atoms with Crippen LogP contribution in [0.4, 0.5) is 0 Å². The molecule has 7 nitrogen and oxygen atoms in total. The monoisotopic (exact) mass is 300 g/mol. The molecule has 0 N–H and O–H groups in total. The maximum Gasteiger partial charge on any atom is 0.237 e. The lowest BCUT2D eigenvalue weighted by Gasteiger charge is -2.32. The van der Waals surface area contributed by atoms with Crippen LogP contribution in [0.5, 0.6) is 0 Å². The lowest BCUT2D eigenvalue weighted by Crippen LogP contribution is -2.44. The smallest absolute Gasteiger partial charge is 0.237 e. The maximum absolute atomic E-state index is 12.1. The number of hydrogen-bond donors (Lipinski definition) is 0. The normalized spacial score (nSPS) is 20.4. The highest BCUT2D eigenvalue weighted by Gasteiger charge is 2.29. The summed E-state index contributed by atoms with van der Waals surface area (Å²) in [7, 11) is -3.34. The average molecular weight is 300 g/mol. The van der Waals surface area contributed by atoms with Gasteiger partial charge in [-0.1, -0.05) is 0 Å². The number of aromatic nitrogens is 3. The third-order valence-electron chi connectivity index (χ3n) is 3.60. The number of amides is 1. The van der Waals surface area contributed by atoms with E-state index in [0.29, 0.717) is 13.1 Å². The number of piperidine rings is 1. The minimum absolute atomic E-state index is 0.0805. The SMILES string of the molecule is CC(C)S(=O)(=O)CC(=O)N1CCC[C@H](n2cncn2)C1. The summed E-state index contributed by atoms with van der Waals surface area (Å²) in [5.74, 6) is -0.724. The van der Waals surface area contributed by atoms with Gasteiger partial charge in [0.1, 0.15) is 18.4 Å². The van der Waals surface area contributed by atoms with Gasteiger partial charge in [0.2, 0.25) is 5.91 Å². The second kappa shape index (κ2) is 5.90. The van der Waals surface area contributed by atoms with Gasteiger partial charge in [-0.05, 0) is 26.7 Å². The number of carbonyl (C=O) groups excluding carboxylic acids is 1. The molecule has 0 bridgehead atoms. The zero-order valence-corrected chi connectivity index (χ0v) is 12.6. The van der Waals surface area contributed by atoms with Crippen LogP contribution in [0.25, 0.3) is 0 Å².